The summed E-state index contributed by atoms with van der Waals surface area (Å²) < 4.78 is 1.10. The summed E-state index contributed by atoms with van der Waals surface area (Å²) in [7, 11) is 1.64. The van der Waals surface area contributed by atoms with Gasteiger partial charge in [-0.3, -0.25) is 4.79 Å². The quantitative estimate of drug-likeness (QED) is 0.859. The molecule has 0 atom stereocenters. The first-order valence-corrected chi connectivity index (χ1v) is 7.76. The summed E-state index contributed by atoms with van der Waals surface area (Å²) in [6.45, 7) is 2.88. The normalized spacial score (nSPS) is 10.2. The molecule has 0 aliphatic heterocycles. The molecule has 0 fully saturated rings. The number of aryl methyl sites for hydroxylation is 1. The number of anilines is 1. The van der Waals surface area contributed by atoms with E-state index in [0.29, 0.717) is 5.56 Å². The zero-order chi connectivity index (χ0) is 15.2. The van der Waals surface area contributed by atoms with Crippen molar-refractivity contribution in [3.8, 4) is 0 Å². The number of hydrogen-bond donors (Lipinski definition) is 2. The molecule has 0 radical (unpaired) electrons. The molecule has 4 heteroatoms. The number of carbonyl (C=O) groups excluding carboxylic acids is 1. The molecule has 2 N–H and O–H groups in total. The van der Waals surface area contributed by atoms with E-state index in [4.69, 9.17) is 0 Å². The lowest BCUT2D eigenvalue weighted by Crippen LogP contribution is -2.17. The van der Waals surface area contributed by atoms with E-state index in [9.17, 15) is 4.79 Å². The highest BCUT2D eigenvalue weighted by Gasteiger charge is 2.04. The molecule has 0 aliphatic rings. The smallest absolute Gasteiger partial charge is 0.251 e. The lowest BCUT2D eigenvalue weighted by Gasteiger charge is -2.12. The molecular formula is C17H19BrN2O. The van der Waals surface area contributed by atoms with E-state index in [1.165, 1.54) is 5.56 Å². The highest BCUT2D eigenvalue weighted by molar-refractivity contribution is 9.10. The monoisotopic (exact) mass is 346 g/mol. The van der Waals surface area contributed by atoms with E-state index in [1.807, 2.05) is 30.3 Å². The molecule has 1 amide bonds. The summed E-state index contributed by atoms with van der Waals surface area (Å²) in [6, 6.07) is 13.9. The van der Waals surface area contributed by atoms with Crippen molar-refractivity contribution in [2.45, 2.75) is 19.9 Å². The van der Waals surface area contributed by atoms with Gasteiger partial charge in [-0.2, -0.15) is 0 Å². The number of rotatable bonds is 5. The van der Waals surface area contributed by atoms with E-state index < -0.39 is 0 Å². The third kappa shape index (κ3) is 4.08. The molecule has 0 unspecified atom stereocenters. The second-order valence-electron chi connectivity index (χ2n) is 4.78. The van der Waals surface area contributed by atoms with Crippen LogP contribution in [0.25, 0.3) is 0 Å². The molecule has 2 rings (SSSR count). The molecular weight excluding hydrogens is 328 g/mol. The van der Waals surface area contributed by atoms with Crippen LogP contribution in [0, 0.1) is 0 Å². The molecule has 0 spiro atoms. The Morgan fingerprint density at radius 3 is 2.48 bits per heavy atom. The van der Waals surface area contributed by atoms with Gasteiger partial charge in [-0.15, -0.1) is 0 Å². The third-order valence-electron chi connectivity index (χ3n) is 3.37. The molecule has 3 nitrogen and oxygen atoms in total. The Bertz CT molecular complexity index is 623. The summed E-state index contributed by atoms with van der Waals surface area (Å²) in [5.74, 6) is -0.0595. The standard InChI is InChI=1S/C17H19BrN2O/c1-3-13-10-15(18)8-9-16(13)20-11-12-4-6-14(7-5-12)17(21)19-2/h4-10,20H,3,11H2,1-2H3,(H,19,21). The van der Waals surface area contributed by atoms with Crippen LogP contribution in [-0.2, 0) is 13.0 Å². The van der Waals surface area contributed by atoms with E-state index in [0.717, 1.165) is 28.7 Å². The Morgan fingerprint density at radius 2 is 1.86 bits per heavy atom. The van der Waals surface area contributed by atoms with Crippen molar-refractivity contribution in [1.82, 2.24) is 5.32 Å². The van der Waals surface area contributed by atoms with Gasteiger partial charge in [0.05, 0.1) is 0 Å². The zero-order valence-corrected chi connectivity index (χ0v) is 13.8. The van der Waals surface area contributed by atoms with Crippen LogP contribution in [0.1, 0.15) is 28.4 Å². The predicted octanol–water partition coefficient (Wildman–Crippen LogP) is 3.98. The van der Waals surface area contributed by atoms with Crippen molar-refractivity contribution in [2.24, 2.45) is 0 Å². The Kier molecular flexibility index (Phi) is 5.39. The second kappa shape index (κ2) is 7.27. The highest BCUT2D eigenvalue weighted by Crippen LogP contribution is 2.22. The molecule has 2 aromatic carbocycles. The Morgan fingerprint density at radius 1 is 1.14 bits per heavy atom. The van der Waals surface area contributed by atoms with Gasteiger partial charge in [0.15, 0.2) is 0 Å². The molecule has 0 heterocycles. The van der Waals surface area contributed by atoms with E-state index >= 15 is 0 Å². The minimum Gasteiger partial charge on any atom is -0.381 e. The molecule has 21 heavy (non-hydrogen) atoms. The summed E-state index contributed by atoms with van der Waals surface area (Å²) >= 11 is 3.50. The predicted molar refractivity (Wildman–Crippen MR) is 90.7 cm³/mol. The Labute approximate surface area is 133 Å². The lowest BCUT2D eigenvalue weighted by atomic mass is 10.1. The lowest BCUT2D eigenvalue weighted by molar-refractivity contribution is 0.0963. The van der Waals surface area contributed by atoms with Gasteiger partial charge in [-0.25, -0.2) is 0 Å². The number of benzene rings is 2. The molecule has 0 aliphatic carbocycles. The van der Waals surface area contributed by atoms with Crippen molar-refractivity contribution in [3.05, 3.63) is 63.6 Å². The van der Waals surface area contributed by atoms with Crippen molar-refractivity contribution >= 4 is 27.5 Å². The molecule has 0 bridgehead atoms. The van der Waals surface area contributed by atoms with E-state index in [-0.39, 0.29) is 5.91 Å². The molecule has 0 saturated heterocycles. The number of nitrogens with one attached hydrogen (secondary N) is 2. The first kappa shape index (κ1) is 15.6. The van der Waals surface area contributed by atoms with Crippen LogP contribution in [0.4, 0.5) is 5.69 Å². The van der Waals surface area contributed by atoms with Gasteiger partial charge in [0, 0.05) is 29.3 Å². The molecule has 110 valence electrons. The first-order valence-electron chi connectivity index (χ1n) is 6.97. The fraction of sp³-hybridized carbons (Fsp3) is 0.235. The first-order chi connectivity index (χ1) is 10.1. The number of amides is 1. The van der Waals surface area contributed by atoms with Crippen LogP contribution in [0.3, 0.4) is 0 Å². The largest absolute Gasteiger partial charge is 0.381 e. The van der Waals surface area contributed by atoms with Crippen molar-refractivity contribution in [1.29, 1.82) is 0 Å². The van der Waals surface area contributed by atoms with Crippen LogP contribution in [0.15, 0.2) is 46.9 Å². The third-order valence-corrected chi connectivity index (χ3v) is 3.87. The Hall–Kier alpha value is -1.81. The fourth-order valence-electron chi connectivity index (χ4n) is 2.14. The number of hydrogen-bond acceptors (Lipinski definition) is 2. The van der Waals surface area contributed by atoms with Crippen LogP contribution < -0.4 is 10.6 Å². The average Bonchev–Trinajstić information content (AvgIpc) is 2.53. The summed E-state index contributed by atoms with van der Waals surface area (Å²) in [5, 5.41) is 6.07. The summed E-state index contributed by atoms with van der Waals surface area (Å²) in [4.78, 5) is 11.5. The van der Waals surface area contributed by atoms with Crippen LogP contribution in [0.2, 0.25) is 0 Å². The van der Waals surface area contributed by atoms with E-state index in [2.05, 4.69) is 45.6 Å². The zero-order valence-electron chi connectivity index (χ0n) is 12.2. The minimum atomic E-state index is -0.0595. The number of halogens is 1. The topological polar surface area (TPSA) is 41.1 Å². The maximum atomic E-state index is 11.5. The van der Waals surface area contributed by atoms with Crippen LogP contribution in [0.5, 0.6) is 0 Å². The van der Waals surface area contributed by atoms with Crippen LogP contribution in [-0.4, -0.2) is 13.0 Å². The summed E-state index contributed by atoms with van der Waals surface area (Å²) in [5.41, 5.74) is 4.26. The van der Waals surface area contributed by atoms with Gasteiger partial charge in [0.2, 0.25) is 0 Å². The van der Waals surface area contributed by atoms with Gasteiger partial charge in [0.1, 0.15) is 0 Å². The highest BCUT2D eigenvalue weighted by atomic mass is 79.9. The fourth-order valence-corrected chi connectivity index (χ4v) is 2.55. The van der Waals surface area contributed by atoms with Crippen LogP contribution >= 0.6 is 15.9 Å². The van der Waals surface area contributed by atoms with Gasteiger partial charge in [-0.05, 0) is 47.9 Å². The SMILES string of the molecule is CCc1cc(Br)ccc1NCc1ccc(C(=O)NC)cc1. The van der Waals surface area contributed by atoms with Gasteiger partial charge in [-0.1, -0.05) is 35.0 Å². The van der Waals surface area contributed by atoms with Crippen molar-refractivity contribution < 1.29 is 4.79 Å². The van der Waals surface area contributed by atoms with Crippen molar-refractivity contribution in [3.63, 3.8) is 0 Å². The number of carbonyl (C=O) groups is 1. The minimum absolute atomic E-state index is 0.0595. The molecule has 0 saturated carbocycles. The summed E-state index contributed by atoms with van der Waals surface area (Å²) in [6.07, 6.45) is 0.984. The second-order valence-corrected chi connectivity index (χ2v) is 5.70. The average molecular weight is 347 g/mol. The van der Waals surface area contributed by atoms with Gasteiger partial charge >= 0.3 is 0 Å². The van der Waals surface area contributed by atoms with Crippen molar-refractivity contribution in [2.75, 3.05) is 12.4 Å². The maximum Gasteiger partial charge on any atom is 0.251 e. The molecule has 2 aromatic rings. The van der Waals surface area contributed by atoms with Gasteiger partial charge < -0.3 is 10.6 Å². The van der Waals surface area contributed by atoms with E-state index in [1.54, 1.807) is 7.05 Å². The van der Waals surface area contributed by atoms with Gasteiger partial charge in [0.25, 0.3) is 5.91 Å². The molecule has 0 aromatic heterocycles. The Balaban J connectivity index is 2.05. The maximum absolute atomic E-state index is 11.5.